The van der Waals surface area contributed by atoms with Gasteiger partial charge >= 0.3 is 0 Å². The molecule has 0 aliphatic heterocycles. The van der Waals surface area contributed by atoms with Crippen molar-refractivity contribution in [2.24, 2.45) is 0 Å². The van der Waals surface area contributed by atoms with Crippen molar-refractivity contribution in [2.45, 2.75) is 32.7 Å². The summed E-state index contributed by atoms with van der Waals surface area (Å²) in [5.74, 6) is -0.552. The van der Waals surface area contributed by atoms with E-state index < -0.39 is 6.04 Å². The van der Waals surface area contributed by atoms with Gasteiger partial charge < -0.3 is 10.6 Å². The third-order valence-electron chi connectivity index (χ3n) is 2.50. The molecule has 1 unspecified atom stereocenters. The first-order valence-electron chi connectivity index (χ1n) is 6.25. The number of hydrogen-bond acceptors (Lipinski definition) is 3. The number of aryl methyl sites for hydroxylation is 1. The number of hydrogen-bond donors (Lipinski definition) is 2. The Balaban J connectivity index is 2.61. The van der Waals surface area contributed by atoms with Gasteiger partial charge in [0.2, 0.25) is 5.91 Å². The van der Waals surface area contributed by atoms with Gasteiger partial charge in [0.05, 0.1) is 12.5 Å². The molecule has 1 rings (SSSR count). The van der Waals surface area contributed by atoms with Crippen LogP contribution >= 0.6 is 0 Å². The van der Waals surface area contributed by atoms with Gasteiger partial charge in [0.25, 0.3) is 0 Å². The van der Waals surface area contributed by atoms with E-state index in [9.17, 15) is 9.18 Å². The molecule has 0 bridgehead atoms. The summed E-state index contributed by atoms with van der Waals surface area (Å²) >= 11 is 0. The highest BCUT2D eigenvalue weighted by Gasteiger charge is 2.13. The molecule has 1 amide bonds. The minimum atomic E-state index is -0.668. The Morgan fingerprint density at radius 1 is 1.47 bits per heavy atom. The SMILES string of the molecule is CCCNC(=O)CC(C#N)Nc1cc(C)cc(F)c1. The summed E-state index contributed by atoms with van der Waals surface area (Å²) in [6.45, 7) is 4.31. The standard InChI is InChI=1S/C14H18FN3O/c1-3-4-17-14(19)8-13(9-16)18-12-6-10(2)5-11(15)7-12/h5-7,13,18H,3-4,8H2,1-2H3,(H,17,19). The monoisotopic (exact) mass is 263 g/mol. The second-order valence-corrected chi connectivity index (χ2v) is 4.40. The Labute approximate surface area is 112 Å². The number of carbonyl (C=O) groups is 1. The summed E-state index contributed by atoms with van der Waals surface area (Å²) in [5, 5.41) is 14.6. The lowest BCUT2D eigenvalue weighted by Crippen LogP contribution is -2.30. The molecular formula is C14H18FN3O. The van der Waals surface area contributed by atoms with E-state index in [1.807, 2.05) is 13.0 Å². The van der Waals surface area contributed by atoms with Gasteiger partial charge in [0.1, 0.15) is 11.9 Å². The van der Waals surface area contributed by atoms with Gasteiger partial charge in [-0.25, -0.2) is 4.39 Å². The van der Waals surface area contributed by atoms with Gasteiger partial charge in [-0.1, -0.05) is 6.92 Å². The molecule has 1 aromatic rings. The van der Waals surface area contributed by atoms with Gasteiger partial charge in [-0.15, -0.1) is 0 Å². The van der Waals surface area contributed by atoms with E-state index in [0.29, 0.717) is 12.2 Å². The zero-order valence-corrected chi connectivity index (χ0v) is 11.2. The van der Waals surface area contributed by atoms with Gasteiger partial charge in [-0.3, -0.25) is 4.79 Å². The lowest BCUT2D eigenvalue weighted by molar-refractivity contribution is -0.121. The molecular weight excluding hydrogens is 245 g/mol. The van der Waals surface area contributed by atoms with Gasteiger partial charge in [0.15, 0.2) is 0 Å². The van der Waals surface area contributed by atoms with Gasteiger partial charge in [0, 0.05) is 12.2 Å². The Bertz CT molecular complexity index is 462. The van der Waals surface area contributed by atoms with Crippen LogP contribution in [-0.2, 0) is 4.79 Å². The minimum Gasteiger partial charge on any atom is -0.369 e. The summed E-state index contributed by atoms with van der Waals surface area (Å²) in [5.41, 5.74) is 1.27. The average molecular weight is 263 g/mol. The molecule has 19 heavy (non-hydrogen) atoms. The van der Waals surface area contributed by atoms with Crippen LogP contribution in [-0.4, -0.2) is 18.5 Å². The van der Waals surface area contributed by atoms with Crippen LogP contribution < -0.4 is 10.6 Å². The molecule has 1 aromatic carbocycles. The van der Waals surface area contributed by atoms with Crippen molar-refractivity contribution in [3.05, 3.63) is 29.6 Å². The number of nitriles is 1. The molecule has 0 fully saturated rings. The quantitative estimate of drug-likeness (QED) is 0.828. The first-order valence-corrected chi connectivity index (χ1v) is 6.25. The van der Waals surface area contributed by atoms with E-state index in [4.69, 9.17) is 5.26 Å². The Kier molecular flexibility index (Phi) is 5.80. The fourth-order valence-corrected chi connectivity index (χ4v) is 1.67. The molecule has 0 radical (unpaired) electrons. The van der Waals surface area contributed by atoms with E-state index in [1.165, 1.54) is 12.1 Å². The third-order valence-corrected chi connectivity index (χ3v) is 2.50. The minimum absolute atomic E-state index is 0.0477. The van der Waals surface area contributed by atoms with Crippen molar-refractivity contribution < 1.29 is 9.18 Å². The predicted octanol–water partition coefficient (Wildman–Crippen LogP) is 2.35. The smallest absolute Gasteiger partial charge is 0.223 e. The number of nitrogens with one attached hydrogen (secondary N) is 2. The molecule has 102 valence electrons. The number of rotatable bonds is 6. The Morgan fingerprint density at radius 3 is 2.79 bits per heavy atom. The van der Waals surface area contributed by atoms with Gasteiger partial charge in [-0.05, 0) is 37.1 Å². The number of nitrogens with zero attached hydrogens (tertiary/aromatic N) is 1. The normalized spacial score (nSPS) is 11.5. The Hall–Kier alpha value is -2.09. The maximum atomic E-state index is 13.2. The molecule has 0 aliphatic carbocycles. The van der Waals surface area contributed by atoms with Crippen molar-refractivity contribution in [1.82, 2.24) is 5.32 Å². The maximum Gasteiger partial charge on any atom is 0.223 e. The molecule has 1 atom stereocenters. The molecule has 0 heterocycles. The van der Waals surface area contributed by atoms with E-state index in [1.54, 1.807) is 13.0 Å². The topological polar surface area (TPSA) is 64.9 Å². The molecule has 4 nitrogen and oxygen atoms in total. The summed E-state index contributed by atoms with van der Waals surface area (Å²) in [4.78, 5) is 11.5. The molecule has 5 heteroatoms. The zero-order chi connectivity index (χ0) is 14.3. The predicted molar refractivity (Wildman–Crippen MR) is 72.1 cm³/mol. The van der Waals surface area contributed by atoms with Crippen molar-refractivity contribution in [2.75, 3.05) is 11.9 Å². The number of anilines is 1. The van der Waals surface area contributed by atoms with E-state index in [-0.39, 0.29) is 18.1 Å². The lowest BCUT2D eigenvalue weighted by Gasteiger charge is -2.13. The largest absolute Gasteiger partial charge is 0.369 e. The third kappa shape index (κ3) is 5.38. The first kappa shape index (κ1) is 15.0. The first-order chi connectivity index (χ1) is 9.05. The van der Waals surface area contributed by atoms with E-state index in [2.05, 4.69) is 10.6 Å². The maximum absolute atomic E-state index is 13.2. The van der Waals surface area contributed by atoms with Crippen LogP contribution in [0.15, 0.2) is 18.2 Å². The van der Waals surface area contributed by atoms with Gasteiger partial charge in [-0.2, -0.15) is 5.26 Å². The molecule has 2 N–H and O–H groups in total. The second-order valence-electron chi connectivity index (χ2n) is 4.40. The van der Waals surface area contributed by atoms with Crippen LogP contribution in [0, 0.1) is 24.1 Å². The number of amides is 1. The molecule has 0 spiro atoms. The van der Waals surface area contributed by atoms with Crippen molar-refractivity contribution in [1.29, 1.82) is 5.26 Å². The second kappa shape index (κ2) is 7.37. The zero-order valence-electron chi connectivity index (χ0n) is 11.2. The lowest BCUT2D eigenvalue weighted by atomic mass is 10.1. The van der Waals surface area contributed by atoms with E-state index >= 15 is 0 Å². The molecule has 0 saturated heterocycles. The fourth-order valence-electron chi connectivity index (χ4n) is 1.67. The average Bonchev–Trinajstić information content (AvgIpc) is 2.34. The highest BCUT2D eigenvalue weighted by atomic mass is 19.1. The molecule has 0 aliphatic rings. The number of benzene rings is 1. The fraction of sp³-hybridized carbons (Fsp3) is 0.429. The highest BCUT2D eigenvalue weighted by Crippen LogP contribution is 2.15. The molecule has 0 aromatic heterocycles. The Morgan fingerprint density at radius 2 is 2.21 bits per heavy atom. The molecule has 0 saturated carbocycles. The van der Waals surface area contributed by atoms with Crippen LogP contribution in [0.1, 0.15) is 25.3 Å². The summed E-state index contributed by atoms with van der Waals surface area (Å²) in [6, 6.07) is 5.78. The van der Waals surface area contributed by atoms with E-state index in [0.717, 1.165) is 12.0 Å². The summed E-state index contributed by atoms with van der Waals surface area (Å²) in [7, 11) is 0. The van der Waals surface area contributed by atoms with Crippen LogP contribution in [0.25, 0.3) is 0 Å². The van der Waals surface area contributed by atoms with Crippen LogP contribution in [0.3, 0.4) is 0 Å². The van der Waals surface area contributed by atoms with Crippen LogP contribution in [0.5, 0.6) is 0 Å². The van der Waals surface area contributed by atoms with Crippen LogP contribution in [0.4, 0.5) is 10.1 Å². The van der Waals surface area contributed by atoms with Crippen molar-refractivity contribution in [3.63, 3.8) is 0 Å². The summed E-state index contributed by atoms with van der Waals surface area (Å²) < 4.78 is 13.2. The number of halogens is 1. The summed E-state index contributed by atoms with van der Waals surface area (Å²) in [6.07, 6.45) is 0.894. The highest BCUT2D eigenvalue weighted by molar-refractivity contribution is 5.77. The van der Waals surface area contributed by atoms with Crippen LogP contribution in [0.2, 0.25) is 0 Å². The number of carbonyl (C=O) groups excluding carboxylic acids is 1. The van der Waals surface area contributed by atoms with Crippen molar-refractivity contribution in [3.8, 4) is 6.07 Å². The van der Waals surface area contributed by atoms with Crippen molar-refractivity contribution >= 4 is 11.6 Å².